The van der Waals surface area contributed by atoms with Crippen molar-refractivity contribution in [3.8, 4) is 0 Å². The van der Waals surface area contributed by atoms with Crippen LogP contribution in [0.2, 0.25) is 0 Å². The molecule has 3 N–H and O–H groups in total. The highest BCUT2D eigenvalue weighted by Crippen LogP contribution is 2.19. The summed E-state index contributed by atoms with van der Waals surface area (Å²) in [7, 11) is 0. The first-order valence-corrected chi connectivity index (χ1v) is 5.82. The number of carboxylic acids is 1. The number of alkyl carbamates (subject to hydrolysis) is 1. The van der Waals surface area contributed by atoms with E-state index < -0.39 is 35.8 Å². The van der Waals surface area contributed by atoms with Crippen LogP contribution >= 0.6 is 0 Å². The Hall–Kier alpha value is -1.99. The summed E-state index contributed by atoms with van der Waals surface area (Å²) in [6.45, 7) is 5.03. The van der Waals surface area contributed by atoms with Crippen molar-refractivity contribution in [1.82, 2.24) is 10.2 Å². The lowest BCUT2D eigenvalue weighted by Gasteiger charge is -2.21. The molecule has 0 aromatic rings. The summed E-state index contributed by atoms with van der Waals surface area (Å²) in [5.74, 6) is -1.23. The van der Waals surface area contributed by atoms with Crippen LogP contribution in [0.25, 0.3) is 0 Å². The molecule has 2 atom stereocenters. The van der Waals surface area contributed by atoms with Gasteiger partial charge < -0.3 is 20.3 Å². The van der Waals surface area contributed by atoms with E-state index in [1.165, 1.54) is 0 Å². The average molecular weight is 274 g/mol. The number of nitrogens with one attached hydrogen (secondary N) is 1. The van der Waals surface area contributed by atoms with Crippen molar-refractivity contribution in [2.24, 2.45) is 0 Å². The number of likely N-dealkylation sites (tertiary alicyclic amines) is 1. The van der Waals surface area contributed by atoms with Crippen molar-refractivity contribution in [2.75, 3.05) is 6.54 Å². The predicted molar refractivity (Wildman–Crippen MR) is 63.9 cm³/mol. The first-order valence-electron chi connectivity index (χ1n) is 5.82. The summed E-state index contributed by atoms with van der Waals surface area (Å²) in [6.07, 6.45) is -1.98. The van der Waals surface area contributed by atoms with E-state index in [1.807, 2.05) is 0 Å². The molecule has 1 heterocycles. The van der Waals surface area contributed by atoms with Gasteiger partial charge in [0.2, 0.25) is 0 Å². The molecule has 0 bridgehead atoms. The topological polar surface area (TPSA) is 116 Å². The van der Waals surface area contributed by atoms with Gasteiger partial charge in [0.1, 0.15) is 11.6 Å². The Labute approximate surface area is 110 Å². The second kappa shape index (κ2) is 5.33. The van der Waals surface area contributed by atoms with Gasteiger partial charge in [-0.15, -0.1) is 0 Å². The van der Waals surface area contributed by atoms with E-state index in [2.05, 4.69) is 5.32 Å². The summed E-state index contributed by atoms with van der Waals surface area (Å²) in [5.41, 5.74) is -0.665. The fraction of sp³-hybridized carbons (Fsp3) is 0.727. The molecule has 1 fully saturated rings. The fourth-order valence-electron chi connectivity index (χ4n) is 1.86. The lowest BCUT2D eigenvalue weighted by molar-refractivity contribution is -0.141. The SMILES string of the molecule is CC(C)(C)OC(=O)N[C@H]1C[C@@H](C(=O)O)N(C(=O)O)C1. The molecule has 1 aliphatic heterocycles. The van der Waals surface area contributed by atoms with Crippen LogP contribution in [0.1, 0.15) is 27.2 Å². The molecule has 0 aromatic carbocycles. The van der Waals surface area contributed by atoms with Gasteiger partial charge in [0.05, 0.1) is 6.04 Å². The standard InChI is InChI=1S/C11H18N2O6/c1-11(2,3)19-9(16)12-6-4-7(8(14)15)13(5-6)10(17)18/h6-7H,4-5H2,1-3H3,(H,12,16)(H,14,15)(H,17,18)/t6-,7-/m0/s1. The van der Waals surface area contributed by atoms with Gasteiger partial charge in [0.15, 0.2) is 0 Å². The molecule has 19 heavy (non-hydrogen) atoms. The Balaban J connectivity index is 2.61. The van der Waals surface area contributed by atoms with Crippen LogP contribution in [0.3, 0.4) is 0 Å². The van der Waals surface area contributed by atoms with E-state index in [1.54, 1.807) is 20.8 Å². The maximum absolute atomic E-state index is 11.5. The molecule has 0 saturated carbocycles. The lowest BCUT2D eigenvalue weighted by Crippen LogP contribution is -2.41. The maximum Gasteiger partial charge on any atom is 0.408 e. The van der Waals surface area contributed by atoms with Crippen LogP contribution in [0, 0.1) is 0 Å². The number of aliphatic carboxylic acids is 1. The molecule has 8 heteroatoms. The summed E-state index contributed by atoms with van der Waals surface area (Å²) in [4.78, 5) is 34.1. The minimum atomic E-state index is -1.32. The van der Waals surface area contributed by atoms with Crippen LogP contribution in [0.4, 0.5) is 9.59 Å². The molecular formula is C11H18N2O6. The second-order valence-electron chi connectivity index (χ2n) is 5.37. The van der Waals surface area contributed by atoms with Crippen LogP contribution < -0.4 is 5.32 Å². The van der Waals surface area contributed by atoms with Gasteiger partial charge in [0.25, 0.3) is 0 Å². The Morgan fingerprint density at radius 1 is 1.26 bits per heavy atom. The normalized spacial score (nSPS) is 23.0. The van der Waals surface area contributed by atoms with Crippen molar-refractivity contribution < 1.29 is 29.3 Å². The number of rotatable bonds is 2. The molecule has 2 amide bonds. The second-order valence-corrected chi connectivity index (χ2v) is 5.37. The molecule has 108 valence electrons. The van der Waals surface area contributed by atoms with Crippen molar-refractivity contribution in [2.45, 2.75) is 44.9 Å². The van der Waals surface area contributed by atoms with E-state index in [0.717, 1.165) is 4.90 Å². The quantitative estimate of drug-likeness (QED) is 0.683. The molecule has 1 aliphatic rings. The largest absolute Gasteiger partial charge is 0.480 e. The Morgan fingerprint density at radius 2 is 1.84 bits per heavy atom. The van der Waals surface area contributed by atoms with Gasteiger partial charge in [-0.3, -0.25) is 4.90 Å². The third-order valence-corrected chi connectivity index (χ3v) is 2.55. The van der Waals surface area contributed by atoms with Gasteiger partial charge >= 0.3 is 18.2 Å². The third-order valence-electron chi connectivity index (χ3n) is 2.55. The number of hydrogen-bond acceptors (Lipinski definition) is 4. The van der Waals surface area contributed by atoms with E-state index >= 15 is 0 Å². The average Bonchev–Trinajstić information content (AvgIpc) is 2.58. The molecule has 1 saturated heterocycles. The Kier molecular flexibility index (Phi) is 4.23. The van der Waals surface area contributed by atoms with Gasteiger partial charge in [-0.25, -0.2) is 14.4 Å². The highest BCUT2D eigenvalue weighted by Gasteiger charge is 2.40. The number of ether oxygens (including phenoxy) is 1. The van der Waals surface area contributed by atoms with Crippen molar-refractivity contribution in [3.05, 3.63) is 0 Å². The maximum atomic E-state index is 11.5. The summed E-state index contributed by atoms with van der Waals surface area (Å²) in [5, 5.41) is 20.3. The summed E-state index contributed by atoms with van der Waals surface area (Å²) < 4.78 is 5.03. The molecule has 0 aliphatic carbocycles. The Morgan fingerprint density at radius 3 is 2.21 bits per heavy atom. The van der Waals surface area contributed by atoms with Gasteiger partial charge in [-0.05, 0) is 20.8 Å². The zero-order valence-electron chi connectivity index (χ0n) is 11.0. The zero-order valence-corrected chi connectivity index (χ0v) is 11.0. The highest BCUT2D eigenvalue weighted by molar-refractivity contribution is 5.80. The Bertz CT molecular complexity index is 367. The van der Waals surface area contributed by atoms with Crippen LogP contribution in [0.5, 0.6) is 0 Å². The number of nitrogens with zero attached hydrogens (tertiary/aromatic N) is 1. The predicted octanol–water partition coefficient (Wildman–Crippen LogP) is 0.717. The van der Waals surface area contributed by atoms with E-state index in [-0.39, 0.29) is 13.0 Å². The monoisotopic (exact) mass is 274 g/mol. The number of carbonyl (C=O) groups is 3. The molecule has 1 rings (SSSR count). The summed E-state index contributed by atoms with van der Waals surface area (Å²) >= 11 is 0. The number of amides is 2. The minimum absolute atomic E-state index is 0.0286. The molecule has 0 unspecified atom stereocenters. The molecule has 0 radical (unpaired) electrons. The van der Waals surface area contributed by atoms with Crippen LogP contribution in [0.15, 0.2) is 0 Å². The molecule has 0 aromatic heterocycles. The van der Waals surface area contributed by atoms with E-state index in [9.17, 15) is 14.4 Å². The van der Waals surface area contributed by atoms with Crippen molar-refractivity contribution in [1.29, 1.82) is 0 Å². The minimum Gasteiger partial charge on any atom is -0.480 e. The van der Waals surface area contributed by atoms with Crippen LogP contribution in [-0.4, -0.2) is 57.5 Å². The summed E-state index contributed by atoms with van der Waals surface area (Å²) in [6, 6.07) is -1.70. The van der Waals surface area contributed by atoms with Crippen molar-refractivity contribution >= 4 is 18.2 Å². The zero-order chi connectivity index (χ0) is 14.8. The molecule has 8 nitrogen and oxygen atoms in total. The first-order chi connectivity index (χ1) is 8.60. The highest BCUT2D eigenvalue weighted by atomic mass is 16.6. The number of hydrogen-bond donors (Lipinski definition) is 3. The van der Waals surface area contributed by atoms with Gasteiger partial charge in [0, 0.05) is 13.0 Å². The number of carbonyl (C=O) groups excluding carboxylic acids is 1. The lowest BCUT2D eigenvalue weighted by atomic mass is 10.2. The van der Waals surface area contributed by atoms with E-state index in [0.29, 0.717) is 0 Å². The van der Waals surface area contributed by atoms with E-state index in [4.69, 9.17) is 14.9 Å². The molecule has 0 spiro atoms. The van der Waals surface area contributed by atoms with Gasteiger partial charge in [-0.2, -0.15) is 0 Å². The number of carboxylic acid groups (broad SMARTS) is 2. The van der Waals surface area contributed by atoms with Gasteiger partial charge in [-0.1, -0.05) is 0 Å². The van der Waals surface area contributed by atoms with Crippen molar-refractivity contribution in [3.63, 3.8) is 0 Å². The first kappa shape index (κ1) is 15.1. The third kappa shape index (κ3) is 4.31. The molecular weight excluding hydrogens is 256 g/mol. The van der Waals surface area contributed by atoms with Crippen LogP contribution in [-0.2, 0) is 9.53 Å². The smallest absolute Gasteiger partial charge is 0.408 e. The fourth-order valence-corrected chi connectivity index (χ4v) is 1.86.